The van der Waals surface area contributed by atoms with Gasteiger partial charge in [-0.3, -0.25) is 0 Å². The first-order valence-corrected chi connectivity index (χ1v) is 7.98. The number of ether oxygens (including phenoxy) is 1. The fourth-order valence-electron chi connectivity index (χ4n) is 1.93. The predicted molar refractivity (Wildman–Crippen MR) is 86.8 cm³/mol. The maximum atomic E-state index is 5.93. The quantitative estimate of drug-likeness (QED) is 0.807. The summed E-state index contributed by atoms with van der Waals surface area (Å²) in [4.78, 5) is 1.25. The van der Waals surface area contributed by atoms with Crippen LogP contribution >= 0.6 is 22.9 Å². The van der Waals surface area contributed by atoms with Crippen molar-refractivity contribution >= 4 is 22.9 Å². The van der Waals surface area contributed by atoms with E-state index in [0.717, 1.165) is 16.6 Å². The molecule has 1 aromatic carbocycles. The second-order valence-electron chi connectivity index (χ2n) is 5.04. The van der Waals surface area contributed by atoms with Gasteiger partial charge >= 0.3 is 0 Å². The van der Waals surface area contributed by atoms with Crippen molar-refractivity contribution in [1.29, 1.82) is 0 Å². The van der Waals surface area contributed by atoms with Gasteiger partial charge in [-0.1, -0.05) is 23.7 Å². The van der Waals surface area contributed by atoms with Crippen LogP contribution in [0.3, 0.4) is 0 Å². The van der Waals surface area contributed by atoms with Crippen LogP contribution in [0.2, 0.25) is 4.34 Å². The zero-order valence-electron chi connectivity index (χ0n) is 12.0. The Kier molecular flexibility index (Phi) is 5.46. The minimum absolute atomic E-state index is 0.208. The van der Waals surface area contributed by atoms with Gasteiger partial charge in [0.1, 0.15) is 5.75 Å². The summed E-state index contributed by atoms with van der Waals surface area (Å²) in [6.07, 6.45) is 0.208. The summed E-state index contributed by atoms with van der Waals surface area (Å²) in [7, 11) is 0. The first-order chi connectivity index (χ1) is 9.54. The molecule has 1 unspecified atom stereocenters. The lowest BCUT2D eigenvalue weighted by molar-refractivity contribution is 0.242. The first kappa shape index (κ1) is 15.4. The highest BCUT2D eigenvalue weighted by Crippen LogP contribution is 2.23. The number of rotatable bonds is 6. The molecule has 108 valence electrons. The Bertz CT molecular complexity index is 536. The molecule has 1 aromatic heterocycles. The molecule has 0 radical (unpaired) electrons. The molecular weight excluding hydrogens is 290 g/mol. The van der Waals surface area contributed by atoms with Crippen LogP contribution in [0.15, 0.2) is 36.4 Å². The van der Waals surface area contributed by atoms with Gasteiger partial charge in [-0.05, 0) is 50.6 Å². The number of hydrogen-bond donors (Lipinski definition) is 1. The second-order valence-corrected chi connectivity index (χ2v) is 6.84. The van der Waals surface area contributed by atoms with Crippen molar-refractivity contribution in [3.05, 3.63) is 51.2 Å². The lowest BCUT2D eigenvalue weighted by atomic mass is 10.1. The number of hydrogen-bond acceptors (Lipinski definition) is 3. The van der Waals surface area contributed by atoms with Gasteiger partial charge in [-0.2, -0.15) is 0 Å². The Morgan fingerprint density at radius 1 is 1.10 bits per heavy atom. The molecule has 0 bridgehead atoms. The topological polar surface area (TPSA) is 21.3 Å². The van der Waals surface area contributed by atoms with Crippen molar-refractivity contribution < 1.29 is 4.74 Å². The number of thiophene rings is 1. The van der Waals surface area contributed by atoms with Crippen molar-refractivity contribution in [1.82, 2.24) is 5.32 Å². The third kappa shape index (κ3) is 4.51. The van der Waals surface area contributed by atoms with E-state index in [-0.39, 0.29) is 6.10 Å². The second kappa shape index (κ2) is 7.11. The molecule has 1 N–H and O–H groups in total. The van der Waals surface area contributed by atoms with E-state index in [1.54, 1.807) is 11.3 Å². The Morgan fingerprint density at radius 2 is 1.80 bits per heavy atom. The summed E-state index contributed by atoms with van der Waals surface area (Å²) >= 11 is 7.55. The highest BCUT2D eigenvalue weighted by Gasteiger charge is 2.06. The van der Waals surface area contributed by atoms with E-state index in [1.165, 1.54) is 10.4 Å². The molecule has 0 saturated carbocycles. The van der Waals surface area contributed by atoms with Crippen molar-refractivity contribution in [3.63, 3.8) is 0 Å². The molecule has 0 spiro atoms. The molecule has 1 heterocycles. The van der Waals surface area contributed by atoms with Crippen LogP contribution in [0.5, 0.6) is 5.75 Å². The van der Waals surface area contributed by atoms with E-state index in [2.05, 4.69) is 30.4 Å². The summed E-state index contributed by atoms with van der Waals surface area (Å²) in [5.41, 5.74) is 1.25. The standard InChI is InChI=1S/C16H20ClNOS/c1-11(2)19-14-6-4-13(5-7-14)12(3)18-10-15-8-9-16(17)20-15/h4-9,11-12,18H,10H2,1-3H3. The Morgan fingerprint density at radius 3 is 2.35 bits per heavy atom. The molecule has 0 aliphatic rings. The van der Waals surface area contributed by atoms with Gasteiger partial charge in [-0.25, -0.2) is 0 Å². The predicted octanol–water partition coefficient (Wildman–Crippen LogP) is 5.04. The monoisotopic (exact) mass is 309 g/mol. The van der Waals surface area contributed by atoms with Crippen molar-refractivity contribution in [2.75, 3.05) is 0 Å². The molecule has 2 nitrogen and oxygen atoms in total. The molecule has 2 rings (SSSR count). The molecule has 0 saturated heterocycles. The lowest BCUT2D eigenvalue weighted by Crippen LogP contribution is -2.17. The van der Waals surface area contributed by atoms with Gasteiger partial charge in [0.25, 0.3) is 0 Å². The largest absolute Gasteiger partial charge is 0.491 e. The van der Waals surface area contributed by atoms with Crippen molar-refractivity contribution in [2.45, 2.75) is 39.5 Å². The number of halogens is 1. The number of benzene rings is 1. The fourth-order valence-corrected chi connectivity index (χ4v) is 2.96. The summed E-state index contributed by atoms with van der Waals surface area (Å²) in [5, 5.41) is 3.50. The smallest absolute Gasteiger partial charge is 0.119 e. The van der Waals surface area contributed by atoms with Gasteiger partial charge in [0.2, 0.25) is 0 Å². The van der Waals surface area contributed by atoms with E-state index in [1.807, 2.05) is 32.0 Å². The van der Waals surface area contributed by atoms with E-state index < -0.39 is 0 Å². The van der Waals surface area contributed by atoms with Crippen LogP contribution in [0.1, 0.15) is 37.3 Å². The van der Waals surface area contributed by atoms with Gasteiger partial charge < -0.3 is 10.1 Å². The molecule has 0 aliphatic heterocycles. The van der Waals surface area contributed by atoms with E-state index >= 15 is 0 Å². The SMILES string of the molecule is CC(C)Oc1ccc(C(C)NCc2ccc(Cl)s2)cc1. The van der Waals surface area contributed by atoms with Gasteiger partial charge in [-0.15, -0.1) is 11.3 Å². The minimum Gasteiger partial charge on any atom is -0.491 e. The summed E-state index contributed by atoms with van der Waals surface area (Å²) < 4.78 is 6.49. The molecule has 0 amide bonds. The first-order valence-electron chi connectivity index (χ1n) is 6.79. The summed E-state index contributed by atoms with van der Waals surface area (Å²) in [6.45, 7) is 7.06. The third-order valence-electron chi connectivity index (χ3n) is 2.96. The van der Waals surface area contributed by atoms with E-state index in [0.29, 0.717) is 6.04 Å². The third-order valence-corrected chi connectivity index (χ3v) is 4.19. The van der Waals surface area contributed by atoms with Crippen LogP contribution in [-0.4, -0.2) is 6.10 Å². The maximum Gasteiger partial charge on any atom is 0.119 e. The molecule has 1 atom stereocenters. The molecular formula is C16H20ClNOS. The lowest BCUT2D eigenvalue weighted by Gasteiger charge is -2.15. The number of nitrogens with one attached hydrogen (secondary N) is 1. The van der Waals surface area contributed by atoms with E-state index in [4.69, 9.17) is 16.3 Å². The fraction of sp³-hybridized carbons (Fsp3) is 0.375. The zero-order chi connectivity index (χ0) is 14.5. The summed E-state index contributed by atoms with van der Waals surface area (Å²) in [5.74, 6) is 0.918. The van der Waals surface area contributed by atoms with Gasteiger partial charge in [0.05, 0.1) is 10.4 Å². The van der Waals surface area contributed by atoms with E-state index in [9.17, 15) is 0 Å². The highest BCUT2D eigenvalue weighted by atomic mass is 35.5. The zero-order valence-corrected chi connectivity index (χ0v) is 13.6. The Labute approximate surface area is 129 Å². The normalized spacial score (nSPS) is 12.7. The molecule has 4 heteroatoms. The molecule has 2 aromatic rings. The molecule has 0 aliphatic carbocycles. The summed E-state index contributed by atoms with van der Waals surface area (Å²) in [6, 6.07) is 12.6. The highest BCUT2D eigenvalue weighted by molar-refractivity contribution is 7.16. The average molecular weight is 310 g/mol. The van der Waals surface area contributed by atoms with Crippen molar-refractivity contribution in [2.24, 2.45) is 0 Å². The maximum absolute atomic E-state index is 5.93. The molecule has 20 heavy (non-hydrogen) atoms. The van der Waals surface area contributed by atoms with Crippen LogP contribution in [-0.2, 0) is 6.54 Å². The van der Waals surface area contributed by atoms with Gasteiger partial charge in [0.15, 0.2) is 0 Å². The Hall–Kier alpha value is -1.03. The Balaban J connectivity index is 1.90. The van der Waals surface area contributed by atoms with Crippen LogP contribution in [0.25, 0.3) is 0 Å². The van der Waals surface area contributed by atoms with Gasteiger partial charge in [0, 0.05) is 17.5 Å². The molecule has 0 fully saturated rings. The van der Waals surface area contributed by atoms with Crippen LogP contribution < -0.4 is 10.1 Å². The average Bonchev–Trinajstić information content (AvgIpc) is 2.82. The van der Waals surface area contributed by atoms with Crippen molar-refractivity contribution in [3.8, 4) is 5.75 Å². The minimum atomic E-state index is 0.208. The van der Waals surface area contributed by atoms with Crippen LogP contribution in [0, 0.1) is 0 Å². The van der Waals surface area contributed by atoms with Crippen LogP contribution in [0.4, 0.5) is 0 Å².